The molecule has 176 valence electrons. The standard InChI is InChI=1S/C24H35N3O5/c1-23(2,3)32-22(31)25-14-20(29)27-15-24(16-27)11-9-18(10-12-24)26-21(30)19(28)13-17-7-5-4-6-8-17/h4-8,18-19,28H,9-16H2,1-3H3,(H,25,31)(H,26,30)/t19-/m1/s1. The molecule has 0 unspecified atom stereocenters. The molecule has 0 bridgehead atoms. The highest BCUT2D eigenvalue weighted by Gasteiger charge is 2.47. The number of benzene rings is 1. The highest BCUT2D eigenvalue weighted by molar-refractivity contribution is 5.83. The molecule has 2 aliphatic rings. The van der Waals surface area contributed by atoms with E-state index in [1.54, 1.807) is 25.7 Å². The van der Waals surface area contributed by atoms with E-state index in [-0.39, 0.29) is 29.8 Å². The number of carbonyl (C=O) groups is 3. The monoisotopic (exact) mass is 445 g/mol. The SMILES string of the molecule is CC(C)(C)OC(=O)NCC(=O)N1CC2(CCC(NC(=O)[C@H](O)Cc3ccccc3)CC2)C1. The molecule has 8 nitrogen and oxygen atoms in total. The summed E-state index contributed by atoms with van der Waals surface area (Å²) in [5, 5.41) is 15.7. The lowest BCUT2D eigenvalue weighted by Gasteiger charge is -2.53. The molecule has 1 atom stereocenters. The minimum Gasteiger partial charge on any atom is -0.444 e. The van der Waals surface area contributed by atoms with Crippen LogP contribution < -0.4 is 10.6 Å². The summed E-state index contributed by atoms with van der Waals surface area (Å²) >= 11 is 0. The van der Waals surface area contributed by atoms with Crippen molar-refractivity contribution in [3.63, 3.8) is 0 Å². The summed E-state index contributed by atoms with van der Waals surface area (Å²) in [6.45, 7) is 6.62. The molecule has 1 saturated carbocycles. The van der Waals surface area contributed by atoms with Crippen LogP contribution in [0.5, 0.6) is 0 Å². The summed E-state index contributed by atoms with van der Waals surface area (Å²) in [4.78, 5) is 38.2. The second-order valence-electron chi connectivity index (χ2n) is 10.1. The third kappa shape index (κ3) is 6.69. The quantitative estimate of drug-likeness (QED) is 0.621. The van der Waals surface area contributed by atoms with Crippen molar-refractivity contribution in [2.24, 2.45) is 5.41 Å². The highest BCUT2D eigenvalue weighted by atomic mass is 16.6. The van der Waals surface area contributed by atoms with Gasteiger partial charge in [0.15, 0.2) is 0 Å². The number of aliphatic hydroxyl groups is 1. The van der Waals surface area contributed by atoms with Crippen LogP contribution in [0.25, 0.3) is 0 Å². The van der Waals surface area contributed by atoms with Crippen LogP contribution in [0.3, 0.4) is 0 Å². The average Bonchev–Trinajstić information content (AvgIpc) is 2.70. The van der Waals surface area contributed by atoms with Gasteiger partial charge in [0.1, 0.15) is 18.2 Å². The molecular formula is C24H35N3O5. The van der Waals surface area contributed by atoms with E-state index in [1.807, 2.05) is 30.3 Å². The van der Waals surface area contributed by atoms with Gasteiger partial charge in [-0.2, -0.15) is 0 Å². The van der Waals surface area contributed by atoms with Gasteiger partial charge in [0.05, 0.1) is 0 Å². The van der Waals surface area contributed by atoms with E-state index in [0.29, 0.717) is 19.5 Å². The summed E-state index contributed by atoms with van der Waals surface area (Å²) in [6, 6.07) is 9.53. The fourth-order valence-electron chi connectivity index (χ4n) is 4.43. The molecule has 1 heterocycles. The van der Waals surface area contributed by atoms with Crippen LogP contribution in [-0.2, 0) is 20.7 Å². The average molecular weight is 446 g/mol. The fourth-order valence-corrected chi connectivity index (χ4v) is 4.43. The van der Waals surface area contributed by atoms with Gasteiger partial charge in [-0.1, -0.05) is 30.3 Å². The van der Waals surface area contributed by atoms with Gasteiger partial charge in [0.2, 0.25) is 11.8 Å². The zero-order chi connectivity index (χ0) is 23.4. The maximum atomic E-state index is 12.4. The zero-order valence-electron chi connectivity index (χ0n) is 19.2. The Labute approximate surface area is 189 Å². The first kappa shape index (κ1) is 24.0. The largest absolute Gasteiger partial charge is 0.444 e. The topological polar surface area (TPSA) is 108 Å². The van der Waals surface area contributed by atoms with Crippen LogP contribution in [0.1, 0.15) is 52.0 Å². The van der Waals surface area contributed by atoms with Crippen molar-refractivity contribution in [1.29, 1.82) is 0 Å². The first-order valence-electron chi connectivity index (χ1n) is 11.3. The Bertz CT molecular complexity index is 805. The van der Waals surface area contributed by atoms with Crippen molar-refractivity contribution in [2.45, 2.75) is 70.6 Å². The third-order valence-corrected chi connectivity index (χ3v) is 6.16. The van der Waals surface area contributed by atoms with Crippen molar-refractivity contribution >= 4 is 17.9 Å². The number of hydrogen-bond donors (Lipinski definition) is 3. The molecule has 8 heteroatoms. The summed E-state index contributed by atoms with van der Waals surface area (Å²) in [6.07, 6.45) is 2.18. The van der Waals surface area contributed by atoms with Crippen LogP contribution >= 0.6 is 0 Å². The molecule has 1 saturated heterocycles. The van der Waals surface area contributed by atoms with Crippen molar-refractivity contribution < 1.29 is 24.2 Å². The van der Waals surface area contributed by atoms with Gasteiger partial charge in [0, 0.05) is 31.0 Å². The molecule has 0 radical (unpaired) electrons. The maximum Gasteiger partial charge on any atom is 0.408 e. The molecule has 1 aliphatic heterocycles. The molecule has 3 rings (SSSR count). The van der Waals surface area contributed by atoms with Gasteiger partial charge in [-0.05, 0) is 52.0 Å². The Morgan fingerprint density at radius 1 is 1.16 bits per heavy atom. The van der Waals surface area contributed by atoms with E-state index in [0.717, 1.165) is 31.2 Å². The molecule has 0 aromatic heterocycles. The molecule has 3 amide bonds. The number of nitrogens with zero attached hydrogens (tertiary/aromatic N) is 1. The van der Waals surface area contributed by atoms with E-state index < -0.39 is 17.8 Å². The van der Waals surface area contributed by atoms with E-state index >= 15 is 0 Å². The third-order valence-electron chi connectivity index (χ3n) is 6.16. The van der Waals surface area contributed by atoms with Gasteiger partial charge in [0.25, 0.3) is 0 Å². The number of hydrogen-bond acceptors (Lipinski definition) is 5. The number of ether oxygens (including phenoxy) is 1. The first-order chi connectivity index (χ1) is 15.1. The van der Waals surface area contributed by atoms with Crippen molar-refractivity contribution in [1.82, 2.24) is 15.5 Å². The second kappa shape index (κ2) is 9.90. The van der Waals surface area contributed by atoms with E-state index in [2.05, 4.69) is 10.6 Å². The fraction of sp³-hybridized carbons (Fsp3) is 0.625. The first-order valence-corrected chi connectivity index (χ1v) is 11.3. The van der Waals surface area contributed by atoms with E-state index in [9.17, 15) is 19.5 Å². The van der Waals surface area contributed by atoms with Gasteiger partial charge in [-0.25, -0.2) is 4.79 Å². The molecule has 32 heavy (non-hydrogen) atoms. The van der Waals surface area contributed by atoms with E-state index in [1.165, 1.54) is 0 Å². The van der Waals surface area contributed by atoms with Crippen LogP contribution in [0.2, 0.25) is 0 Å². The maximum absolute atomic E-state index is 12.4. The predicted molar refractivity (Wildman–Crippen MR) is 120 cm³/mol. The number of carbonyl (C=O) groups excluding carboxylic acids is 3. The lowest BCUT2D eigenvalue weighted by Crippen LogP contribution is -2.62. The molecular weight excluding hydrogens is 410 g/mol. The van der Waals surface area contributed by atoms with Gasteiger partial charge < -0.3 is 25.4 Å². The Morgan fingerprint density at radius 2 is 1.78 bits per heavy atom. The van der Waals surface area contributed by atoms with Crippen LogP contribution in [0, 0.1) is 5.41 Å². The number of alkyl carbamates (subject to hydrolysis) is 1. The number of likely N-dealkylation sites (tertiary alicyclic amines) is 1. The summed E-state index contributed by atoms with van der Waals surface area (Å²) < 4.78 is 5.15. The van der Waals surface area contributed by atoms with Crippen molar-refractivity contribution in [3.8, 4) is 0 Å². The Kier molecular flexibility index (Phi) is 7.44. The lowest BCUT2D eigenvalue weighted by atomic mass is 9.67. The molecule has 1 aromatic carbocycles. The van der Waals surface area contributed by atoms with Crippen molar-refractivity contribution in [3.05, 3.63) is 35.9 Å². The summed E-state index contributed by atoms with van der Waals surface area (Å²) in [5.74, 6) is -0.436. The Morgan fingerprint density at radius 3 is 2.38 bits per heavy atom. The van der Waals surface area contributed by atoms with Crippen LogP contribution in [-0.4, -0.2) is 65.3 Å². The number of amides is 3. The van der Waals surface area contributed by atoms with Gasteiger partial charge >= 0.3 is 6.09 Å². The summed E-state index contributed by atoms with van der Waals surface area (Å²) in [5.41, 5.74) is 0.434. The normalized spacial score (nSPS) is 19.1. The number of rotatable bonds is 6. The second-order valence-corrected chi connectivity index (χ2v) is 10.1. The Hall–Kier alpha value is -2.61. The number of nitrogens with one attached hydrogen (secondary N) is 2. The molecule has 2 fully saturated rings. The van der Waals surface area contributed by atoms with Gasteiger partial charge in [-0.3, -0.25) is 9.59 Å². The van der Waals surface area contributed by atoms with Crippen molar-refractivity contribution in [2.75, 3.05) is 19.6 Å². The number of aliphatic hydroxyl groups excluding tert-OH is 1. The van der Waals surface area contributed by atoms with Crippen LogP contribution in [0.4, 0.5) is 4.79 Å². The zero-order valence-corrected chi connectivity index (χ0v) is 19.2. The smallest absolute Gasteiger partial charge is 0.408 e. The van der Waals surface area contributed by atoms with E-state index in [4.69, 9.17) is 4.74 Å². The van der Waals surface area contributed by atoms with Crippen LogP contribution in [0.15, 0.2) is 30.3 Å². The minimum atomic E-state index is -1.05. The minimum absolute atomic E-state index is 0.0529. The molecule has 1 aromatic rings. The Balaban J connectivity index is 1.35. The molecule has 1 spiro atoms. The lowest BCUT2D eigenvalue weighted by molar-refractivity contribution is -0.145. The van der Waals surface area contributed by atoms with Gasteiger partial charge in [-0.15, -0.1) is 0 Å². The predicted octanol–water partition coefficient (Wildman–Crippen LogP) is 2.00. The summed E-state index contributed by atoms with van der Waals surface area (Å²) in [7, 11) is 0. The highest BCUT2D eigenvalue weighted by Crippen LogP contribution is 2.43. The molecule has 1 aliphatic carbocycles. The molecule has 3 N–H and O–H groups in total.